The standard InChI is InChI=1S/C34H41N5O4/c1-3-37-28(21-26-13-12-25(22-35)20-30(26)37)15-14-27-11-8-17-38(27)34(42)31(19-24-9-6-5-7-10-24)39-18-16-29(33(39)41)36-23-32(40)43-4-2/h5-7,9-10,12-13,20-21,27,29,31,36H,3-4,8,11,14-19,23H2,1-2H3/t27-,29-,31-/m0/s1. The molecule has 2 fully saturated rings. The molecule has 0 saturated carbocycles. The van der Waals surface area contributed by atoms with Gasteiger partial charge < -0.3 is 19.1 Å². The van der Waals surface area contributed by atoms with Crippen molar-refractivity contribution in [2.24, 2.45) is 0 Å². The molecule has 0 spiro atoms. The average Bonchev–Trinajstić information content (AvgIpc) is 3.74. The third-order valence-electron chi connectivity index (χ3n) is 8.80. The molecule has 1 aromatic heterocycles. The van der Waals surface area contributed by atoms with Crippen LogP contribution in [0.4, 0.5) is 0 Å². The summed E-state index contributed by atoms with van der Waals surface area (Å²) in [7, 11) is 0. The molecule has 2 aromatic carbocycles. The minimum Gasteiger partial charge on any atom is -0.465 e. The molecule has 226 valence electrons. The zero-order valence-corrected chi connectivity index (χ0v) is 25.1. The molecular weight excluding hydrogens is 542 g/mol. The highest BCUT2D eigenvalue weighted by atomic mass is 16.5. The quantitative estimate of drug-likeness (QED) is 0.325. The molecular formula is C34H41N5O4. The molecule has 0 unspecified atom stereocenters. The van der Waals surface area contributed by atoms with Gasteiger partial charge in [-0.1, -0.05) is 36.4 Å². The van der Waals surface area contributed by atoms with Crippen LogP contribution >= 0.6 is 0 Å². The number of likely N-dealkylation sites (tertiary alicyclic amines) is 2. The first kappa shape index (κ1) is 30.3. The normalized spacial score (nSPS) is 19.1. The molecule has 3 atom stereocenters. The number of rotatable bonds is 12. The predicted octanol–water partition coefficient (Wildman–Crippen LogP) is 3.82. The molecule has 5 rings (SSSR count). The second-order valence-corrected chi connectivity index (χ2v) is 11.4. The van der Waals surface area contributed by atoms with Gasteiger partial charge >= 0.3 is 5.97 Å². The Balaban J connectivity index is 1.31. The number of amides is 2. The first-order valence-electron chi connectivity index (χ1n) is 15.5. The van der Waals surface area contributed by atoms with Crippen LogP contribution in [0.15, 0.2) is 54.6 Å². The van der Waals surface area contributed by atoms with Gasteiger partial charge in [0.15, 0.2) is 0 Å². The lowest BCUT2D eigenvalue weighted by Gasteiger charge is -2.34. The lowest BCUT2D eigenvalue weighted by molar-refractivity contribution is -0.145. The summed E-state index contributed by atoms with van der Waals surface area (Å²) in [6, 6.07) is 19.1. The molecule has 0 bridgehead atoms. The van der Waals surface area contributed by atoms with Crippen molar-refractivity contribution in [3.8, 4) is 6.07 Å². The van der Waals surface area contributed by atoms with E-state index in [1.54, 1.807) is 11.8 Å². The largest absolute Gasteiger partial charge is 0.465 e. The topological polar surface area (TPSA) is 108 Å². The van der Waals surface area contributed by atoms with Crippen molar-refractivity contribution in [1.29, 1.82) is 5.26 Å². The van der Waals surface area contributed by atoms with Crippen LogP contribution in [-0.4, -0.2) is 76.5 Å². The van der Waals surface area contributed by atoms with Gasteiger partial charge in [-0.3, -0.25) is 19.7 Å². The van der Waals surface area contributed by atoms with Gasteiger partial charge in [-0.05, 0) is 75.1 Å². The fourth-order valence-corrected chi connectivity index (χ4v) is 6.68. The van der Waals surface area contributed by atoms with E-state index in [1.807, 2.05) is 53.4 Å². The van der Waals surface area contributed by atoms with Crippen molar-refractivity contribution in [1.82, 2.24) is 19.7 Å². The Kier molecular flexibility index (Phi) is 9.78. The lowest BCUT2D eigenvalue weighted by atomic mass is 10.0. The Morgan fingerprint density at radius 1 is 1.09 bits per heavy atom. The lowest BCUT2D eigenvalue weighted by Crippen LogP contribution is -2.53. The zero-order chi connectivity index (χ0) is 30.3. The molecule has 1 N–H and O–H groups in total. The van der Waals surface area contributed by atoms with Crippen molar-refractivity contribution in [2.45, 2.75) is 77.0 Å². The van der Waals surface area contributed by atoms with Gasteiger partial charge in [0.1, 0.15) is 6.04 Å². The summed E-state index contributed by atoms with van der Waals surface area (Å²) in [5.74, 6) is -0.530. The highest BCUT2D eigenvalue weighted by Gasteiger charge is 2.42. The van der Waals surface area contributed by atoms with E-state index in [1.165, 1.54) is 5.69 Å². The van der Waals surface area contributed by atoms with Crippen LogP contribution in [0, 0.1) is 11.3 Å². The fraction of sp³-hybridized carbons (Fsp3) is 0.471. The minimum absolute atomic E-state index is 0.000410. The predicted molar refractivity (Wildman–Crippen MR) is 164 cm³/mol. The maximum absolute atomic E-state index is 14.3. The molecule has 3 heterocycles. The van der Waals surface area contributed by atoms with Gasteiger partial charge in [0.05, 0.1) is 30.8 Å². The van der Waals surface area contributed by atoms with Crippen molar-refractivity contribution in [3.05, 3.63) is 71.4 Å². The number of esters is 1. The van der Waals surface area contributed by atoms with Crippen LogP contribution in [0.3, 0.4) is 0 Å². The Morgan fingerprint density at radius 3 is 2.65 bits per heavy atom. The number of nitrogens with one attached hydrogen (secondary N) is 1. The zero-order valence-electron chi connectivity index (χ0n) is 25.1. The van der Waals surface area contributed by atoms with Crippen LogP contribution in [-0.2, 0) is 38.5 Å². The number of nitriles is 1. The number of nitrogens with zero attached hydrogens (tertiary/aromatic N) is 4. The van der Waals surface area contributed by atoms with E-state index in [2.05, 4.69) is 28.9 Å². The first-order chi connectivity index (χ1) is 20.9. The van der Waals surface area contributed by atoms with E-state index in [4.69, 9.17) is 4.74 Å². The number of hydrogen-bond donors (Lipinski definition) is 1. The first-order valence-corrected chi connectivity index (χ1v) is 15.5. The molecule has 9 heteroatoms. The SMILES string of the molecule is CCOC(=O)CN[C@H]1CCN([C@@H](Cc2ccccc2)C(=O)N2CCC[C@H]2CCc2cc3ccc(C#N)cc3n2CC)C1=O. The second kappa shape index (κ2) is 13.9. The average molecular weight is 584 g/mol. The molecule has 2 aliphatic heterocycles. The number of aromatic nitrogens is 1. The minimum atomic E-state index is -0.601. The fourth-order valence-electron chi connectivity index (χ4n) is 6.68. The molecule has 0 radical (unpaired) electrons. The molecule has 2 saturated heterocycles. The molecule has 43 heavy (non-hydrogen) atoms. The van der Waals surface area contributed by atoms with E-state index in [0.29, 0.717) is 38.1 Å². The van der Waals surface area contributed by atoms with E-state index >= 15 is 0 Å². The molecule has 9 nitrogen and oxygen atoms in total. The van der Waals surface area contributed by atoms with Crippen LogP contribution in [0.5, 0.6) is 0 Å². The molecule has 2 aliphatic rings. The highest BCUT2D eigenvalue weighted by Crippen LogP contribution is 2.28. The third-order valence-corrected chi connectivity index (χ3v) is 8.80. The number of aryl methyl sites for hydroxylation is 2. The van der Waals surface area contributed by atoms with Gasteiger partial charge in [-0.15, -0.1) is 0 Å². The second-order valence-electron chi connectivity index (χ2n) is 11.4. The van der Waals surface area contributed by atoms with E-state index in [9.17, 15) is 19.6 Å². The van der Waals surface area contributed by atoms with Crippen LogP contribution in [0.1, 0.15) is 56.4 Å². The summed E-state index contributed by atoms with van der Waals surface area (Å²) >= 11 is 0. The highest BCUT2D eigenvalue weighted by molar-refractivity contribution is 5.92. The van der Waals surface area contributed by atoms with Crippen molar-refractivity contribution in [2.75, 3.05) is 26.2 Å². The molecule has 0 aliphatic carbocycles. The summed E-state index contributed by atoms with van der Waals surface area (Å²) in [5.41, 5.74) is 3.94. The van der Waals surface area contributed by atoms with Crippen LogP contribution in [0.2, 0.25) is 0 Å². The van der Waals surface area contributed by atoms with Gasteiger partial charge in [0.2, 0.25) is 11.8 Å². The third kappa shape index (κ3) is 6.75. The Bertz CT molecular complexity index is 1490. The molecule has 2 amide bonds. The van der Waals surface area contributed by atoms with Gasteiger partial charge in [0.25, 0.3) is 0 Å². The van der Waals surface area contributed by atoms with Gasteiger partial charge in [0, 0.05) is 43.3 Å². The van der Waals surface area contributed by atoms with Crippen molar-refractivity contribution in [3.63, 3.8) is 0 Å². The number of fused-ring (bicyclic) bond motifs is 1. The summed E-state index contributed by atoms with van der Waals surface area (Å²) in [6.07, 6.45) is 4.52. The van der Waals surface area contributed by atoms with Gasteiger partial charge in [-0.25, -0.2) is 0 Å². The Morgan fingerprint density at radius 2 is 1.91 bits per heavy atom. The summed E-state index contributed by atoms with van der Waals surface area (Å²) in [4.78, 5) is 43.4. The monoisotopic (exact) mass is 583 g/mol. The summed E-state index contributed by atoms with van der Waals surface area (Å²) in [5, 5.41) is 13.5. The smallest absolute Gasteiger partial charge is 0.319 e. The number of ether oxygens (including phenoxy) is 1. The van der Waals surface area contributed by atoms with Crippen LogP contribution < -0.4 is 5.32 Å². The summed E-state index contributed by atoms with van der Waals surface area (Å²) in [6.45, 7) is 6.08. The Hall–Kier alpha value is -4.16. The van der Waals surface area contributed by atoms with Gasteiger partial charge in [-0.2, -0.15) is 5.26 Å². The number of carbonyl (C=O) groups is 3. The summed E-state index contributed by atoms with van der Waals surface area (Å²) < 4.78 is 7.27. The number of carbonyl (C=O) groups excluding carboxylic acids is 3. The van der Waals surface area contributed by atoms with Crippen molar-refractivity contribution >= 4 is 28.7 Å². The maximum Gasteiger partial charge on any atom is 0.319 e. The number of benzene rings is 2. The van der Waals surface area contributed by atoms with E-state index in [0.717, 1.165) is 48.7 Å². The maximum atomic E-state index is 14.3. The van der Waals surface area contributed by atoms with Crippen LogP contribution in [0.25, 0.3) is 10.9 Å². The molecule has 3 aromatic rings. The van der Waals surface area contributed by atoms with E-state index in [-0.39, 0.29) is 24.4 Å². The van der Waals surface area contributed by atoms with Crippen molar-refractivity contribution < 1.29 is 19.1 Å². The Labute approximate surface area is 253 Å². The number of hydrogen-bond acceptors (Lipinski definition) is 6. The van der Waals surface area contributed by atoms with E-state index < -0.39 is 18.1 Å².